The molecule has 1 aromatic heterocycles. The van der Waals surface area contributed by atoms with E-state index in [-0.39, 0.29) is 24.4 Å². The van der Waals surface area contributed by atoms with Crippen LogP contribution in [0.5, 0.6) is 5.75 Å². The maximum Gasteiger partial charge on any atom is 0.255 e. The topological polar surface area (TPSA) is 123 Å². The second-order valence-corrected chi connectivity index (χ2v) is 6.65. The fourth-order valence-corrected chi connectivity index (χ4v) is 2.76. The van der Waals surface area contributed by atoms with Crippen molar-refractivity contribution in [3.8, 4) is 5.75 Å². The van der Waals surface area contributed by atoms with E-state index >= 15 is 0 Å². The van der Waals surface area contributed by atoms with E-state index in [1.165, 1.54) is 0 Å². The van der Waals surface area contributed by atoms with E-state index in [4.69, 9.17) is 10.5 Å². The smallest absolute Gasteiger partial charge is 0.255 e. The average Bonchev–Trinajstić information content (AvgIpc) is 2.78. The lowest BCUT2D eigenvalue weighted by molar-refractivity contribution is -0.117. The maximum absolute atomic E-state index is 12.7. The number of ether oxygens (including phenoxy) is 1. The highest BCUT2D eigenvalue weighted by Crippen LogP contribution is 2.19. The van der Waals surface area contributed by atoms with E-state index in [9.17, 15) is 14.4 Å². The number of rotatable bonds is 9. The molecular weight excluding hydrogens is 396 g/mol. The van der Waals surface area contributed by atoms with E-state index in [0.717, 1.165) is 5.56 Å². The number of benzene rings is 2. The number of primary amides is 1. The number of nitrogens with one attached hydrogen (secondary N) is 2. The number of hydrogen-bond acceptors (Lipinski definition) is 5. The molecule has 8 nitrogen and oxygen atoms in total. The summed E-state index contributed by atoms with van der Waals surface area (Å²) in [4.78, 5) is 40.0. The van der Waals surface area contributed by atoms with Gasteiger partial charge in [0.1, 0.15) is 12.4 Å². The van der Waals surface area contributed by atoms with Crippen molar-refractivity contribution >= 4 is 23.4 Å². The molecule has 0 saturated carbocycles. The molecule has 31 heavy (non-hydrogen) atoms. The monoisotopic (exact) mass is 418 g/mol. The van der Waals surface area contributed by atoms with Crippen LogP contribution in [0.15, 0.2) is 73.1 Å². The Hall–Kier alpha value is -4.20. The molecule has 0 atom stereocenters. The van der Waals surface area contributed by atoms with Crippen molar-refractivity contribution in [2.24, 2.45) is 5.73 Å². The number of nitrogens with zero attached hydrogens (tertiary/aromatic N) is 1. The Bertz CT molecular complexity index is 1070. The number of hydrogen-bond donors (Lipinski definition) is 3. The summed E-state index contributed by atoms with van der Waals surface area (Å²) < 4.78 is 5.74. The van der Waals surface area contributed by atoms with Crippen LogP contribution in [-0.2, 0) is 11.4 Å². The van der Waals surface area contributed by atoms with E-state index < -0.39 is 11.8 Å². The lowest BCUT2D eigenvalue weighted by Crippen LogP contribution is -2.28. The molecule has 0 spiro atoms. The molecule has 1 heterocycles. The van der Waals surface area contributed by atoms with E-state index in [0.29, 0.717) is 23.6 Å². The molecule has 8 heteroatoms. The predicted molar refractivity (Wildman–Crippen MR) is 116 cm³/mol. The molecule has 0 aliphatic carbocycles. The van der Waals surface area contributed by atoms with Crippen molar-refractivity contribution in [2.75, 3.05) is 11.9 Å². The average molecular weight is 418 g/mol. The minimum atomic E-state index is -0.507. The van der Waals surface area contributed by atoms with Crippen molar-refractivity contribution < 1.29 is 19.1 Å². The summed E-state index contributed by atoms with van der Waals surface area (Å²) in [6.07, 6.45) is 3.43. The van der Waals surface area contributed by atoms with Gasteiger partial charge in [0.25, 0.3) is 11.8 Å². The Balaban J connectivity index is 1.66. The number of pyridine rings is 1. The van der Waals surface area contributed by atoms with Crippen LogP contribution in [0.3, 0.4) is 0 Å². The Labute approximate surface area is 179 Å². The van der Waals surface area contributed by atoms with Crippen LogP contribution < -0.4 is 21.1 Å². The molecule has 4 N–H and O–H groups in total. The normalized spacial score (nSPS) is 10.2. The molecule has 0 bridgehead atoms. The Morgan fingerprint density at radius 2 is 1.81 bits per heavy atom. The molecular formula is C23H22N4O4. The highest BCUT2D eigenvalue weighted by molar-refractivity contribution is 6.09. The van der Waals surface area contributed by atoms with Crippen LogP contribution in [0.25, 0.3) is 0 Å². The third-order valence-corrected chi connectivity index (χ3v) is 4.30. The first kappa shape index (κ1) is 21.5. The Kier molecular flexibility index (Phi) is 7.31. The van der Waals surface area contributed by atoms with Crippen LogP contribution in [0, 0.1) is 0 Å². The van der Waals surface area contributed by atoms with Crippen molar-refractivity contribution in [3.05, 3.63) is 89.7 Å². The summed E-state index contributed by atoms with van der Waals surface area (Å²) in [6, 6.07) is 17.1. The number of aromatic nitrogens is 1. The zero-order valence-electron chi connectivity index (χ0n) is 16.7. The lowest BCUT2D eigenvalue weighted by Gasteiger charge is -2.12. The highest BCUT2D eigenvalue weighted by atomic mass is 16.5. The van der Waals surface area contributed by atoms with Gasteiger partial charge < -0.3 is 21.1 Å². The van der Waals surface area contributed by atoms with Crippen molar-refractivity contribution in [2.45, 2.75) is 13.0 Å². The van der Waals surface area contributed by atoms with Gasteiger partial charge in [0.15, 0.2) is 0 Å². The highest BCUT2D eigenvalue weighted by Gasteiger charge is 2.14. The predicted octanol–water partition coefficient (Wildman–Crippen LogP) is 2.52. The van der Waals surface area contributed by atoms with Gasteiger partial charge >= 0.3 is 0 Å². The molecule has 0 aliphatic heterocycles. The molecule has 3 rings (SSSR count). The minimum Gasteiger partial charge on any atom is -0.489 e. The van der Waals surface area contributed by atoms with Gasteiger partial charge in [-0.2, -0.15) is 0 Å². The van der Waals surface area contributed by atoms with Crippen LogP contribution in [0.4, 0.5) is 5.69 Å². The molecule has 0 aliphatic rings. The van der Waals surface area contributed by atoms with Crippen LogP contribution >= 0.6 is 0 Å². The standard InChI is InChI=1S/C23H22N4O4/c24-21(28)10-12-26-23(30)19-8-1-2-9-20(19)27-22(29)17-6-3-7-18(13-17)31-15-16-5-4-11-25-14-16/h1-9,11,13-14H,10,12,15H2,(H2,24,28)(H,26,30)(H,27,29). The number of carbonyl (C=O) groups is 3. The second-order valence-electron chi connectivity index (χ2n) is 6.65. The summed E-state index contributed by atoms with van der Waals surface area (Å²) in [5.41, 5.74) is 7.01. The molecule has 3 amide bonds. The van der Waals surface area contributed by atoms with Gasteiger partial charge in [-0.3, -0.25) is 19.4 Å². The number of nitrogens with two attached hydrogens (primary N) is 1. The van der Waals surface area contributed by atoms with Crippen molar-refractivity contribution in [3.63, 3.8) is 0 Å². The molecule has 0 fully saturated rings. The van der Waals surface area contributed by atoms with Gasteiger partial charge in [0.05, 0.1) is 11.3 Å². The fourth-order valence-electron chi connectivity index (χ4n) is 2.76. The zero-order valence-corrected chi connectivity index (χ0v) is 16.7. The molecule has 0 unspecified atom stereocenters. The van der Waals surface area contributed by atoms with E-state index in [2.05, 4.69) is 15.6 Å². The molecule has 3 aromatic rings. The Morgan fingerprint density at radius 3 is 2.58 bits per heavy atom. The van der Waals surface area contributed by atoms with Crippen molar-refractivity contribution in [1.29, 1.82) is 0 Å². The van der Waals surface area contributed by atoms with Crippen LogP contribution in [-0.4, -0.2) is 29.3 Å². The van der Waals surface area contributed by atoms with Crippen LogP contribution in [0.1, 0.15) is 32.7 Å². The largest absolute Gasteiger partial charge is 0.489 e. The summed E-state index contributed by atoms with van der Waals surface area (Å²) in [7, 11) is 0. The Morgan fingerprint density at radius 1 is 0.968 bits per heavy atom. The summed E-state index contributed by atoms with van der Waals surface area (Å²) in [5.74, 6) is -0.767. The lowest BCUT2D eigenvalue weighted by atomic mass is 10.1. The third-order valence-electron chi connectivity index (χ3n) is 4.30. The fraction of sp³-hybridized carbons (Fsp3) is 0.130. The van der Waals surface area contributed by atoms with Crippen LogP contribution in [0.2, 0.25) is 0 Å². The van der Waals surface area contributed by atoms with Gasteiger partial charge in [0.2, 0.25) is 5.91 Å². The maximum atomic E-state index is 12.7. The van der Waals surface area contributed by atoms with Gasteiger partial charge in [0, 0.05) is 36.5 Å². The molecule has 2 aromatic carbocycles. The first-order chi connectivity index (χ1) is 15.0. The SMILES string of the molecule is NC(=O)CCNC(=O)c1ccccc1NC(=O)c1cccc(OCc2cccnc2)c1. The third kappa shape index (κ3) is 6.40. The first-order valence-electron chi connectivity index (χ1n) is 9.61. The van der Waals surface area contributed by atoms with Crippen molar-refractivity contribution in [1.82, 2.24) is 10.3 Å². The van der Waals surface area contributed by atoms with E-state index in [1.807, 2.05) is 12.1 Å². The van der Waals surface area contributed by atoms with Gasteiger partial charge in [-0.05, 0) is 36.4 Å². The molecule has 0 saturated heterocycles. The molecule has 0 radical (unpaired) electrons. The molecule has 158 valence electrons. The quantitative estimate of drug-likeness (QED) is 0.493. The summed E-state index contributed by atoms with van der Waals surface area (Å²) >= 11 is 0. The first-order valence-corrected chi connectivity index (χ1v) is 9.61. The van der Waals surface area contributed by atoms with E-state index in [1.54, 1.807) is 60.9 Å². The number of amides is 3. The summed E-state index contributed by atoms with van der Waals surface area (Å²) in [6.45, 7) is 0.444. The number of anilines is 1. The second kappa shape index (κ2) is 10.5. The minimum absolute atomic E-state index is 0.0338. The van der Waals surface area contributed by atoms with Gasteiger partial charge in [-0.15, -0.1) is 0 Å². The van der Waals surface area contributed by atoms with Gasteiger partial charge in [-0.1, -0.05) is 24.3 Å². The van der Waals surface area contributed by atoms with Gasteiger partial charge in [-0.25, -0.2) is 0 Å². The number of para-hydroxylation sites is 1. The number of carbonyl (C=O) groups excluding carboxylic acids is 3. The zero-order chi connectivity index (χ0) is 22.1. The summed E-state index contributed by atoms with van der Waals surface area (Å²) in [5, 5.41) is 5.36.